The molecular formula is C16H32N2. The third kappa shape index (κ3) is 5.27. The van der Waals surface area contributed by atoms with Gasteiger partial charge in [0.2, 0.25) is 0 Å². The largest absolute Gasteiger partial charge is 0.313 e. The first-order valence-electron chi connectivity index (χ1n) is 8.30. The Balaban J connectivity index is 1.52. The van der Waals surface area contributed by atoms with E-state index in [1.807, 2.05) is 0 Å². The van der Waals surface area contributed by atoms with Crippen LogP contribution in [0.25, 0.3) is 0 Å². The minimum atomic E-state index is 0.673. The Bertz CT molecular complexity index is 205. The number of rotatable bonds is 6. The van der Waals surface area contributed by atoms with Gasteiger partial charge in [0.1, 0.15) is 0 Å². The van der Waals surface area contributed by atoms with E-state index >= 15 is 0 Å². The van der Waals surface area contributed by atoms with Crippen molar-refractivity contribution in [3.05, 3.63) is 0 Å². The van der Waals surface area contributed by atoms with Crippen LogP contribution in [-0.2, 0) is 0 Å². The normalized spacial score (nSPS) is 25.2. The van der Waals surface area contributed by atoms with E-state index in [4.69, 9.17) is 0 Å². The summed E-state index contributed by atoms with van der Waals surface area (Å²) in [6.45, 7) is 7.50. The Morgan fingerprint density at radius 1 is 1.00 bits per heavy atom. The van der Waals surface area contributed by atoms with Crippen molar-refractivity contribution in [2.24, 2.45) is 5.92 Å². The number of piperidine rings is 1. The second kappa shape index (κ2) is 8.16. The molecule has 1 N–H and O–H groups in total. The average Bonchev–Trinajstić information content (AvgIpc) is 2.41. The van der Waals surface area contributed by atoms with Gasteiger partial charge in [0.25, 0.3) is 0 Å². The highest BCUT2D eigenvalue weighted by Gasteiger charge is 2.15. The maximum Gasteiger partial charge on any atom is 0.0166 e. The number of nitrogens with zero attached hydrogens (tertiary/aromatic N) is 1. The van der Waals surface area contributed by atoms with E-state index in [0.29, 0.717) is 6.04 Å². The molecule has 0 spiro atoms. The first-order chi connectivity index (χ1) is 8.84. The van der Waals surface area contributed by atoms with Gasteiger partial charge in [-0.3, -0.25) is 0 Å². The number of likely N-dealkylation sites (tertiary alicyclic amines) is 1. The van der Waals surface area contributed by atoms with Crippen LogP contribution in [0.4, 0.5) is 0 Å². The predicted molar refractivity (Wildman–Crippen MR) is 78.9 cm³/mol. The fourth-order valence-electron chi connectivity index (χ4n) is 3.60. The molecule has 1 unspecified atom stereocenters. The molecule has 0 amide bonds. The van der Waals surface area contributed by atoms with Gasteiger partial charge in [-0.1, -0.05) is 38.5 Å². The summed E-state index contributed by atoms with van der Waals surface area (Å²) in [7, 11) is 0. The molecule has 2 nitrogen and oxygen atoms in total. The van der Waals surface area contributed by atoms with E-state index in [2.05, 4.69) is 17.1 Å². The first-order valence-corrected chi connectivity index (χ1v) is 8.30. The van der Waals surface area contributed by atoms with Crippen LogP contribution in [0, 0.1) is 5.92 Å². The van der Waals surface area contributed by atoms with Crippen LogP contribution < -0.4 is 5.32 Å². The number of nitrogens with one attached hydrogen (secondary N) is 1. The standard InChI is InChI=1S/C16H32N2/c1-15(14-18-12-6-3-7-13-18)17-11-10-16-8-4-2-5-9-16/h15-17H,2-14H2,1H3. The summed E-state index contributed by atoms with van der Waals surface area (Å²) in [6.07, 6.45) is 13.1. The van der Waals surface area contributed by atoms with Crippen molar-refractivity contribution in [3.8, 4) is 0 Å². The van der Waals surface area contributed by atoms with Crippen molar-refractivity contribution < 1.29 is 0 Å². The van der Waals surface area contributed by atoms with Gasteiger partial charge in [0.05, 0.1) is 0 Å². The summed E-state index contributed by atoms with van der Waals surface area (Å²) in [4.78, 5) is 2.64. The topological polar surface area (TPSA) is 15.3 Å². The molecule has 2 rings (SSSR count). The molecule has 1 saturated heterocycles. The first kappa shape index (κ1) is 14.3. The minimum Gasteiger partial charge on any atom is -0.313 e. The summed E-state index contributed by atoms with van der Waals surface area (Å²) in [5.74, 6) is 1.02. The maximum absolute atomic E-state index is 3.74. The second-order valence-electron chi connectivity index (χ2n) is 6.51. The van der Waals surface area contributed by atoms with Crippen LogP contribution in [-0.4, -0.2) is 37.1 Å². The van der Waals surface area contributed by atoms with Gasteiger partial charge in [-0.15, -0.1) is 0 Å². The van der Waals surface area contributed by atoms with Crippen molar-refractivity contribution in [2.45, 2.75) is 70.8 Å². The van der Waals surface area contributed by atoms with Crippen LogP contribution in [0.1, 0.15) is 64.7 Å². The van der Waals surface area contributed by atoms with Crippen LogP contribution in [0.2, 0.25) is 0 Å². The lowest BCUT2D eigenvalue weighted by molar-refractivity contribution is 0.207. The predicted octanol–water partition coefficient (Wildman–Crippen LogP) is 3.42. The lowest BCUT2D eigenvalue weighted by Gasteiger charge is -2.30. The van der Waals surface area contributed by atoms with Crippen molar-refractivity contribution in [3.63, 3.8) is 0 Å². The molecule has 1 saturated carbocycles. The molecule has 0 aromatic rings. The molecule has 0 radical (unpaired) electrons. The van der Waals surface area contributed by atoms with E-state index < -0.39 is 0 Å². The van der Waals surface area contributed by atoms with Crippen molar-refractivity contribution >= 4 is 0 Å². The zero-order chi connectivity index (χ0) is 12.6. The third-order valence-electron chi connectivity index (χ3n) is 4.75. The molecule has 0 aromatic carbocycles. The molecule has 0 aromatic heterocycles. The van der Waals surface area contributed by atoms with E-state index in [0.717, 1.165) is 5.92 Å². The maximum atomic E-state index is 3.74. The van der Waals surface area contributed by atoms with E-state index in [1.54, 1.807) is 0 Å². The van der Waals surface area contributed by atoms with E-state index in [1.165, 1.54) is 84.0 Å². The summed E-state index contributed by atoms with van der Waals surface area (Å²) < 4.78 is 0. The second-order valence-corrected chi connectivity index (χ2v) is 6.51. The zero-order valence-corrected chi connectivity index (χ0v) is 12.3. The van der Waals surface area contributed by atoms with Crippen LogP contribution in [0.3, 0.4) is 0 Å². The molecule has 0 bridgehead atoms. The van der Waals surface area contributed by atoms with Gasteiger partial charge < -0.3 is 10.2 Å². The monoisotopic (exact) mass is 252 g/mol. The lowest BCUT2D eigenvalue weighted by atomic mass is 9.87. The quantitative estimate of drug-likeness (QED) is 0.779. The molecule has 2 fully saturated rings. The molecule has 2 aliphatic rings. The van der Waals surface area contributed by atoms with E-state index in [-0.39, 0.29) is 0 Å². The van der Waals surface area contributed by atoms with Gasteiger partial charge >= 0.3 is 0 Å². The highest BCUT2D eigenvalue weighted by molar-refractivity contribution is 4.72. The Morgan fingerprint density at radius 3 is 2.39 bits per heavy atom. The molecule has 106 valence electrons. The summed E-state index contributed by atoms with van der Waals surface area (Å²) in [6, 6.07) is 0.673. The smallest absolute Gasteiger partial charge is 0.0166 e. The van der Waals surface area contributed by atoms with Gasteiger partial charge in [-0.25, -0.2) is 0 Å². The van der Waals surface area contributed by atoms with Gasteiger partial charge in [0, 0.05) is 12.6 Å². The summed E-state index contributed by atoms with van der Waals surface area (Å²) >= 11 is 0. The van der Waals surface area contributed by atoms with Crippen molar-refractivity contribution in [1.29, 1.82) is 0 Å². The lowest BCUT2D eigenvalue weighted by Crippen LogP contribution is -2.42. The summed E-state index contributed by atoms with van der Waals surface area (Å²) in [5.41, 5.74) is 0. The average molecular weight is 252 g/mol. The Labute approximate surface area is 114 Å². The Hall–Kier alpha value is -0.0800. The molecule has 1 heterocycles. The van der Waals surface area contributed by atoms with Gasteiger partial charge in [-0.2, -0.15) is 0 Å². The number of hydrogen-bond acceptors (Lipinski definition) is 2. The van der Waals surface area contributed by atoms with Crippen LogP contribution >= 0.6 is 0 Å². The Morgan fingerprint density at radius 2 is 1.67 bits per heavy atom. The fraction of sp³-hybridized carbons (Fsp3) is 1.00. The van der Waals surface area contributed by atoms with Gasteiger partial charge in [0.15, 0.2) is 0 Å². The highest BCUT2D eigenvalue weighted by atomic mass is 15.1. The van der Waals surface area contributed by atoms with Crippen molar-refractivity contribution in [1.82, 2.24) is 10.2 Å². The number of hydrogen-bond donors (Lipinski definition) is 1. The molecule has 1 atom stereocenters. The minimum absolute atomic E-state index is 0.673. The zero-order valence-electron chi connectivity index (χ0n) is 12.3. The molecule has 2 heteroatoms. The third-order valence-corrected chi connectivity index (χ3v) is 4.75. The van der Waals surface area contributed by atoms with Crippen molar-refractivity contribution in [2.75, 3.05) is 26.2 Å². The molecule has 1 aliphatic carbocycles. The summed E-state index contributed by atoms with van der Waals surface area (Å²) in [5, 5.41) is 3.74. The SMILES string of the molecule is CC(CN1CCCCC1)NCCC1CCCCC1. The molecule has 1 aliphatic heterocycles. The molecular weight excluding hydrogens is 220 g/mol. The fourth-order valence-corrected chi connectivity index (χ4v) is 3.60. The Kier molecular flexibility index (Phi) is 6.50. The molecule has 18 heavy (non-hydrogen) atoms. The van der Waals surface area contributed by atoms with E-state index in [9.17, 15) is 0 Å². The highest BCUT2D eigenvalue weighted by Crippen LogP contribution is 2.25. The van der Waals surface area contributed by atoms with Crippen LogP contribution in [0.15, 0.2) is 0 Å². The van der Waals surface area contributed by atoms with Gasteiger partial charge in [-0.05, 0) is 51.7 Å². The van der Waals surface area contributed by atoms with Crippen LogP contribution in [0.5, 0.6) is 0 Å².